The van der Waals surface area contributed by atoms with Gasteiger partial charge in [-0.05, 0) is 38.5 Å². The van der Waals surface area contributed by atoms with Crippen LogP contribution in [-0.4, -0.2) is 18.1 Å². The molecule has 0 aliphatic heterocycles. The molecule has 0 spiro atoms. The van der Waals surface area contributed by atoms with E-state index in [2.05, 4.69) is 11.4 Å². The van der Waals surface area contributed by atoms with Gasteiger partial charge in [-0.3, -0.25) is 4.79 Å². The number of esters is 1. The molecule has 0 aliphatic rings. The molecule has 0 aliphatic carbocycles. The summed E-state index contributed by atoms with van der Waals surface area (Å²) in [4.78, 5) is 11.5. The second kappa shape index (κ2) is 6.91. The number of nitrogens with zero attached hydrogens (tertiary/aromatic N) is 1. The molecule has 0 saturated carbocycles. The van der Waals surface area contributed by atoms with Gasteiger partial charge in [0.25, 0.3) is 0 Å². The number of hydrogen-bond acceptors (Lipinski definition) is 4. The van der Waals surface area contributed by atoms with E-state index >= 15 is 0 Å². The van der Waals surface area contributed by atoms with E-state index in [-0.39, 0.29) is 5.97 Å². The smallest absolute Gasteiger partial charge is 0.307 e. The van der Waals surface area contributed by atoms with E-state index in [0.29, 0.717) is 25.1 Å². The van der Waals surface area contributed by atoms with Crippen LogP contribution < -0.4 is 5.32 Å². The molecule has 0 amide bonds. The molecule has 0 bridgehead atoms. The minimum atomic E-state index is -0.432. The van der Waals surface area contributed by atoms with Crippen molar-refractivity contribution in [2.75, 3.05) is 6.54 Å². The first-order chi connectivity index (χ1) is 8.90. The van der Waals surface area contributed by atoms with Gasteiger partial charge < -0.3 is 10.1 Å². The van der Waals surface area contributed by atoms with Crippen molar-refractivity contribution in [2.24, 2.45) is 0 Å². The summed E-state index contributed by atoms with van der Waals surface area (Å²) in [5.41, 5.74) is 1.24. The fraction of sp³-hybridized carbons (Fsp3) is 0.467. The van der Waals surface area contributed by atoms with Crippen LogP contribution >= 0.6 is 0 Å². The lowest BCUT2D eigenvalue weighted by molar-refractivity contribution is -0.154. The van der Waals surface area contributed by atoms with Crippen LogP contribution in [0.25, 0.3) is 0 Å². The lowest BCUT2D eigenvalue weighted by Gasteiger charge is -2.19. The zero-order valence-electron chi connectivity index (χ0n) is 11.7. The highest BCUT2D eigenvalue weighted by molar-refractivity contribution is 5.70. The zero-order chi connectivity index (χ0) is 14.3. The molecule has 0 heterocycles. The SMILES string of the molecule is CC(C)(C)OC(=O)CCNCc1cccc(C#N)c1. The highest BCUT2D eigenvalue weighted by Gasteiger charge is 2.15. The predicted molar refractivity (Wildman–Crippen MR) is 73.3 cm³/mol. The summed E-state index contributed by atoms with van der Waals surface area (Å²) in [6.45, 7) is 6.76. The lowest BCUT2D eigenvalue weighted by Crippen LogP contribution is -2.26. The van der Waals surface area contributed by atoms with E-state index in [1.54, 1.807) is 6.07 Å². The van der Waals surface area contributed by atoms with Gasteiger partial charge in [-0.25, -0.2) is 0 Å². The van der Waals surface area contributed by atoms with Crippen molar-refractivity contribution in [3.05, 3.63) is 35.4 Å². The predicted octanol–water partition coefficient (Wildman–Crippen LogP) is 2.38. The Morgan fingerprint density at radius 1 is 1.42 bits per heavy atom. The molecular formula is C15H20N2O2. The van der Waals surface area contributed by atoms with Gasteiger partial charge >= 0.3 is 5.97 Å². The Morgan fingerprint density at radius 2 is 2.16 bits per heavy atom. The van der Waals surface area contributed by atoms with Gasteiger partial charge in [0.15, 0.2) is 0 Å². The zero-order valence-corrected chi connectivity index (χ0v) is 11.7. The fourth-order valence-corrected chi connectivity index (χ4v) is 1.57. The maximum Gasteiger partial charge on any atom is 0.307 e. The molecule has 1 N–H and O–H groups in total. The summed E-state index contributed by atoms with van der Waals surface area (Å²) in [7, 11) is 0. The average molecular weight is 260 g/mol. The standard InChI is InChI=1S/C15H20N2O2/c1-15(2,3)19-14(18)7-8-17-11-13-6-4-5-12(9-13)10-16/h4-6,9,17H,7-8,11H2,1-3H3. The number of rotatable bonds is 5. The number of nitrogens with one attached hydrogen (secondary N) is 1. The second-order valence-corrected chi connectivity index (χ2v) is 5.33. The minimum Gasteiger partial charge on any atom is -0.460 e. The Hall–Kier alpha value is -1.86. The minimum absolute atomic E-state index is 0.203. The first kappa shape index (κ1) is 15.2. The van der Waals surface area contributed by atoms with Crippen molar-refractivity contribution in [1.82, 2.24) is 5.32 Å². The Morgan fingerprint density at radius 3 is 2.79 bits per heavy atom. The average Bonchev–Trinajstić information content (AvgIpc) is 2.33. The van der Waals surface area contributed by atoms with E-state index < -0.39 is 5.60 Å². The summed E-state index contributed by atoms with van der Waals surface area (Å²) in [5, 5.41) is 11.9. The van der Waals surface area contributed by atoms with E-state index in [4.69, 9.17) is 10.00 Å². The van der Waals surface area contributed by atoms with Gasteiger partial charge in [0, 0.05) is 13.1 Å². The van der Waals surface area contributed by atoms with E-state index in [1.165, 1.54) is 0 Å². The van der Waals surface area contributed by atoms with Gasteiger partial charge in [0.05, 0.1) is 18.1 Å². The van der Waals surface area contributed by atoms with Crippen molar-refractivity contribution in [1.29, 1.82) is 5.26 Å². The van der Waals surface area contributed by atoms with Gasteiger partial charge in [0.2, 0.25) is 0 Å². The van der Waals surface area contributed by atoms with Crippen LogP contribution in [0.15, 0.2) is 24.3 Å². The molecule has 0 unspecified atom stereocenters. The van der Waals surface area contributed by atoms with E-state index in [0.717, 1.165) is 5.56 Å². The monoisotopic (exact) mass is 260 g/mol. The van der Waals surface area contributed by atoms with E-state index in [9.17, 15) is 4.79 Å². The Bertz CT molecular complexity index is 470. The second-order valence-electron chi connectivity index (χ2n) is 5.33. The number of carbonyl (C=O) groups is 1. The number of benzene rings is 1. The molecule has 0 radical (unpaired) electrons. The number of nitriles is 1. The van der Waals surface area contributed by atoms with Crippen molar-refractivity contribution in [3.8, 4) is 6.07 Å². The van der Waals surface area contributed by atoms with Crippen molar-refractivity contribution >= 4 is 5.97 Å². The van der Waals surface area contributed by atoms with Crippen molar-refractivity contribution in [3.63, 3.8) is 0 Å². The fourth-order valence-electron chi connectivity index (χ4n) is 1.57. The maximum absolute atomic E-state index is 11.5. The molecule has 0 atom stereocenters. The largest absolute Gasteiger partial charge is 0.460 e. The molecule has 19 heavy (non-hydrogen) atoms. The third kappa shape index (κ3) is 6.58. The van der Waals surface area contributed by atoms with Gasteiger partial charge in [-0.1, -0.05) is 12.1 Å². The molecule has 1 aromatic carbocycles. The van der Waals surface area contributed by atoms with Crippen LogP contribution in [0.3, 0.4) is 0 Å². The number of carbonyl (C=O) groups excluding carboxylic acids is 1. The molecule has 0 aromatic heterocycles. The highest BCUT2D eigenvalue weighted by Crippen LogP contribution is 2.08. The third-order valence-corrected chi connectivity index (χ3v) is 2.31. The van der Waals surface area contributed by atoms with Gasteiger partial charge in [0.1, 0.15) is 5.60 Å². The number of ether oxygens (including phenoxy) is 1. The molecule has 0 fully saturated rings. The van der Waals surface area contributed by atoms with E-state index in [1.807, 2.05) is 39.0 Å². The summed E-state index contributed by atoms with van der Waals surface area (Å²) >= 11 is 0. The normalized spacial score (nSPS) is 10.8. The van der Waals surface area contributed by atoms with Crippen LogP contribution in [0.4, 0.5) is 0 Å². The Balaban J connectivity index is 2.28. The quantitative estimate of drug-likeness (QED) is 0.652. The highest BCUT2D eigenvalue weighted by atomic mass is 16.6. The van der Waals surface area contributed by atoms with Crippen LogP contribution in [0, 0.1) is 11.3 Å². The molecular weight excluding hydrogens is 240 g/mol. The molecule has 4 nitrogen and oxygen atoms in total. The molecule has 0 saturated heterocycles. The Labute approximate surface area is 114 Å². The van der Waals surface area contributed by atoms with Gasteiger partial charge in [-0.15, -0.1) is 0 Å². The lowest BCUT2D eigenvalue weighted by atomic mass is 10.1. The summed E-state index contributed by atoms with van der Waals surface area (Å²) in [6.07, 6.45) is 0.342. The summed E-state index contributed by atoms with van der Waals surface area (Å²) < 4.78 is 5.20. The number of hydrogen-bond donors (Lipinski definition) is 1. The maximum atomic E-state index is 11.5. The van der Waals surface area contributed by atoms with Crippen LogP contribution in [0.5, 0.6) is 0 Å². The topological polar surface area (TPSA) is 62.1 Å². The Kier molecular flexibility index (Phi) is 5.53. The summed E-state index contributed by atoms with van der Waals surface area (Å²) in [6, 6.07) is 9.50. The van der Waals surface area contributed by atoms with Crippen LogP contribution in [0.1, 0.15) is 38.3 Å². The van der Waals surface area contributed by atoms with Crippen LogP contribution in [-0.2, 0) is 16.1 Å². The van der Waals surface area contributed by atoms with Crippen molar-refractivity contribution in [2.45, 2.75) is 39.3 Å². The van der Waals surface area contributed by atoms with Gasteiger partial charge in [-0.2, -0.15) is 5.26 Å². The first-order valence-electron chi connectivity index (χ1n) is 6.32. The first-order valence-corrected chi connectivity index (χ1v) is 6.32. The molecule has 102 valence electrons. The molecule has 1 aromatic rings. The summed E-state index contributed by atoms with van der Waals surface area (Å²) in [5.74, 6) is -0.203. The third-order valence-electron chi connectivity index (χ3n) is 2.31. The van der Waals surface area contributed by atoms with Crippen molar-refractivity contribution < 1.29 is 9.53 Å². The molecule has 1 rings (SSSR count). The van der Waals surface area contributed by atoms with Crippen LogP contribution in [0.2, 0.25) is 0 Å². The molecule has 4 heteroatoms.